The average Bonchev–Trinajstić information content (AvgIpc) is 3.25. The maximum Gasteiger partial charge on any atom is 0.257 e. The number of benzene rings is 2. The standard InChI is InChI=1S/C27H31FN2O4/c1-3-33-17-9-16-29(27(32)24-12-7-8-13-25(24)28)20-26(31)30(18-22-10-5-4-6-11-22)19-23-15-14-21(2)34-23/h4-8,10-15H,3,9,16-20H2,1-2H3. The molecule has 0 saturated carbocycles. The number of hydrogen-bond acceptors (Lipinski definition) is 4. The Hall–Kier alpha value is -3.45. The lowest BCUT2D eigenvalue weighted by molar-refractivity contribution is -0.133. The Morgan fingerprint density at radius 1 is 0.941 bits per heavy atom. The van der Waals surface area contributed by atoms with Gasteiger partial charge >= 0.3 is 0 Å². The number of carbonyl (C=O) groups is 2. The number of furan rings is 1. The van der Waals surface area contributed by atoms with E-state index in [-0.39, 0.29) is 31.1 Å². The van der Waals surface area contributed by atoms with E-state index in [1.807, 2.05) is 56.3 Å². The molecule has 1 aromatic heterocycles. The molecule has 0 atom stereocenters. The van der Waals surface area contributed by atoms with Crippen molar-refractivity contribution in [2.45, 2.75) is 33.4 Å². The predicted molar refractivity (Wildman–Crippen MR) is 128 cm³/mol. The first-order valence-corrected chi connectivity index (χ1v) is 11.5. The second-order valence-electron chi connectivity index (χ2n) is 8.00. The monoisotopic (exact) mass is 466 g/mol. The molecule has 0 spiro atoms. The first-order chi connectivity index (χ1) is 16.5. The van der Waals surface area contributed by atoms with Crippen LogP contribution in [0.25, 0.3) is 0 Å². The molecule has 0 aliphatic carbocycles. The van der Waals surface area contributed by atoms with Gasteiger partial charge in [0.1, 0.15) is 23.9 Å². The molecule has 2 aromatic carbocycles. The predicted octanol–water partition coefficient (Wildman–Crippen LogP) is 4.82. The zero-order valence-corrected chi connectivity index (χ0v) is 19.7. The van der Waals surface area contributed by atoms with Crippen molar-refractivity contribution in [1.29, 1.82) is 0 Å². The Morgan fingerprint density at radius 2 is 1.68 bits per heavy atom. The molecular weight excluding hydrogens is 435 g/mol. The molecule has 7 heteroatoms. The molecule has 1 heterocycles. The topological polar surface area (TPSA) is 63.0 Å². The second-order valence-corrected chi connectivity index (χ2v) is 8.00. The third-order valence-corrected chi connectivity index (χ3v) is 5.35. The maximum atomic E-state index is 14.3. The van der Waals surface area contributed by atoms with E-state index in [0.29, 0.717) is 31.9 Å². The largest absolute Gasteiger partial charge is 0.464 e. The van der Waals surface area contributed by atoms with E-state index < -0.39 is 11.7 Å². The molecular formula is C27H31FN2O4. The number of carbonyl (C=O) groups excluding carboxylic acids is 2. The van der Waals surface area contributed by atoms with Crippen LogP contribution in [0.4, 0.5) is 4.39 Å². The minimum Gasteiger partial charge on any atom is -0.464 e. The van der Waals surface area contributed by atoms with E-state index in [0.717, 1.165) is 11.3 Å². The normalized spacial score (nSPS) is 10.8. The van der Waals surface area contributed by atoms with E-state index in [4.69, 9.17) is 9.15 Å². The number of aryl methyl sites for hydroxylation is 1. The van der Waals surface area contributed by atoms with Gasteiger partial charge in [0, 0.05) is 26.3 Å². The lowest BCUT2D eigenvalue weighted by Gasteiger charge is -2.27. The zero-order chi connectivity index (χ0) is 24.3. The van der Waals surface area contributed by atoms with Crippen molar-refractivity contribution in [2.75, 3.05) is 26.3 Å². The number of amides is 2. The zero-order valence-electron chi connectivity index (χ0n) is 19.7. The summed E-state index contributed by atoms with van der Waals surface area (Å²) in [6.07, 6.45) is 0.539. The van der Waals surface area contributed by atoms with Gasteiger partial charge in [0.05, 0.1) is 12.1 Å². The van der Waals surface area contributed by atoms with Gasteiger partial charge < -0.3 is 19.0 Å². The molecule has 2 amide bonds. The van der Waals surface area contributed by atoms with Gasteiger partial charge in [-0.25, -0.2) is 4.39 Å². The summed E-state index contributed by atoms with van der Waals surface area (Å²) in [5.74, 6) is 0.0388. The van der Waals surface area contributed by atoms with Crippen LogP contribution < -0.4 is 0 Å². The molecule has 0 radical (unpaired) electrons. The molecule has 6 nitrogen and oxygen atoms in total. The maximum absolute atomic E-state index is 14.3. The quantitative estimate of drug-likeness (QED) is 0.359. The van der Waals surface area contributed by atoms with Crippen molar-refractivity contribution in [2.24, 2.45) is 0 Å². The summed E-state index contributed by atoms with van der Waals surface area (Å²) < 4.78 is 25.4. The lowest BCUT2D eigenvalue weighted by Crippen LogP contribution is -2.43. The summed E-state index contributed by atoms with van der Waals surface area (Å²) in [6, 6.07) is 19.1. The van der Waals surface area contributed by atoms with E-state index in [2.05, 4.69) is 0 Å². The Morgan fingerprint density at radius 3 is 2.35 bits per heavy atom. The SMILES string of the molecule is CCOCCCN(CC(=O)N(Cc1ccccc1)Cc1ccc(C)o1)C(=O)c1ccccc1F. The van der Waals surface area contributed by atoms with Crippen molar-refractivity contribution in [3.05, 3.63) is 95.2 Å². The van der Waals surface area contributed by atoms with Crippen molar-refractivity contribution < 1.29 is 23.1 Å². The first kappa shape index (κ1) is 25.2. The molecule has 0 saturated heterocycles. The Balaban J connectivity index is 1.80. The van der Waals surface area contributed by atoms with Gasteiger partial charge in [-0.15, -0.1) is 0 Å². The minimum absolute atomic E-state index is 0.0528. The Bertz CT molecular complexity index is 1070. The smallest absolute Gasteiger partial charge is 0.257 e. The highest BCUT2D eigenvalue weighted by Crippen LogP contribution is 2.15. The number of nitrogens with zero attached hydrogens (tertiary/aromatic N) is 2. The molecule has 3 rings (SSSR count). The fourth-order valence-electron chi connectivity index (χ4n) is 3.62. The van der Waals surface area contributed by atoms with Crippen LogP contribution in [-0.2, 0) is 22.6 Å². The fourth-order valence-corrected chi connectivity index (χ4v) is 3.62. The van der Waals surface area contributed by atoms with Gasteiger partial charge in [0.2, 0.25) is 5.91 Å². The van der Waals surface area contributed by atoms with Crippen LogP contribution in [0.1, 0.15) is 40.8 Å². The molecule has 0 unspecified atom stereocenters. The summed E-state index contributed by atoms with van der Waals surface area (Å²) in [5, 5.41) is 0. The van der Waals surface area contributed by atoms with Gasteiger partial charge in [0.15, 0.2) is 0 Å². The van der Waals surface area contributed by atoms with Crippen molar-refractivity contribution in [3.8, 4) is 0 Å². The van der Waals surface area contributed by atoms with Crippen LogP contribution in [0, 0.1) is 12.7 Å². The average molecular weight is 467 g/mol. The molecule has 0 fully saturated rings. The Kier molecular flexibility index (Phi) is 9.40. The van der Waals surface area contributed by atoms with E-state index in [1.54, 1.807) is 11.0 Å². The molecule has 180 valence electrons. The highest BCUT2D eigenvalue weighted by Gasteiger charge is 2.25. The summed E-state index contributed by atoms with van der Waals surface area (Å²) >= 11 is 0. The van der Waals surface area contributed by atoms with Gasteiger partial charge in [-0.05, 0) is 50.1 Å². The van der Waals surface area contributed by atoms with Crippen LogP contribution in [0.5, 0.6) is 0 Å². The van der Waals surface area contributed by atoms with E-state index in [9.17, 15) is 14.0 Å². The van der Waals surface area contributed by atoms with Crippen LogP contribution in [0.3, 0.4) is 0 Å². The van der Waals surface area contributed by atoms with Gasteiger partial charge in [-0.2, -0.15) is 0 Å². The highest BCUT2D eigenvalue weighted by molar-refractivity contribution is 5.96. The molecule has 34 heavy (non-hydrogen) atoms. The first-order valence-electron chi connectivity index (χ1n) is 11.5. The third kappa shape index (κ3) is 7.28. The van der Waals surface area contributed by atoms with E-state index in [1.165, 1.54) is 23.1 Å². The number of rotatable bonds is 12. The lowest BCUT2D eigenvalue weighted by atomic mass is 10.1. The third-order valence-electron chi connectivity index (χ3n) is 5.35. The molecule has 3 aromatic rings. The van der Waals surface area contributed by atoms with Crippen LogP contribution in [0.2, 0.25) is 0 Å². The van der Waals surface area contributed by atoms with Crippen molar-refractivity contribution in [3.63, 3.8) is 0 Å². The number of hydrogen-bond donors (Lipinski definition) is 0. The minimum atomic E-state index is -0.609. The summed E-state index contributed by atoms with van der Waals surface area (Å²) in [4.78, 5) is 29.7. The van der Waals surface area contributed by atoms with Crippen LogP contribution >= 0.6 is 0 Å². The van der Waals surface area contributed by atoms with Gasteiger partial charge in [-0.3, -0.25) is 9.59 Å². The number of ether oxygens (including phenoxy) is 1. The van der Waals surface area contributed by atoms with Gasteiger partial charge in [-0.1, -0.05) is 42.5 Å². The van der Waals surface area contributed by atoms with Crippen LogP contribution in [0.15, 0.2) is 71.1 Å². The van der Waals surface area contributed by atoms with Crippen molar-refractivity contribution >= 4 is 11.8 Å². The molecule has 0 aliphatic heterocycles. The summed E-state index contributed by atoms with van der Waals surface area (Å²) in [6.45, 7) is 5.48. The Labute approximate surface area is 199 Å². The summed E-state index contributed by atoms with van der Waals surface area (Å²) in [5.41, 5.74) is 0.908. The van der Waals surface area contributed by atoms with Crippen molar-refractivity contribution in [1.82, 2.24) is 9.80 Å². The van der Waals surface area contributed by atoms with Crippen LogP contribution in [-0.4, -0.2) is 47.9 Å². The molecule has 0 bridgehead atoms. The summed E-state index contributed by atoms with van der Waals surface area (Å²) in [7, 11) is 0. The number of halogens is 1. The highest BCUT2D eigenvalue weighted by atomic mass is 19.1. The molecule has 0 aliphatic rings. The fraction of sp³-hybridized carbons (Fsp3) is 0.333. The van der Waals surface area contributed by atoms with E-state index >= 15 is 0 Å². The second kappa shape index (κ2) is 12.7. The molecule has 0 N–H and O–H groups in total. The van der Waals surface area contributed by atoms with Gasteiger partial charge in [0.25, 0.3) is 5.91 Å².